The molecule has 0 saturated heterocycles. The van der Waals surface area contributed by atoms with Crippen molar-refractivity contribution in [1.29, 1.82) is 0 Å². The molecule has 1 aliphatic rings. The minimum Gasteiger partial charge on any atom is -0.508 e. The van der Waals surface area contributed by atoms with Crippen molar-refractivity contribution in [1.82, 2.24) is 0 Å². The van der Waals surface area contributed by atoms with E-state index in [1.165, 1.54) is 11.8 Å². The van der Waals surface area contributed by atoms with Crippen molar-refractivity contribution in [3.63, 3.8) is 0 Å². The molecule has 3 rings (SSSR count). The van der Waals surface area contributed by atoms with Gasteiger partial charge in [-0.25, -0.2) is 4.79 Å². The highest BCUT2D eigenvalue weighted by molar-refractivity contribution is 8.24. The fraction of sp³-hybridized carbons (Fsp3) is 0.519. The van der Waals surface area contributed by atoms with E-state index in [0.717, 1.165) is 61.0 Å². The zero-order valence-electron chi connectivity index (χ0n) is 20.8. The van der Waals surface area contributed by atoms with Crippen LogP contribution in [0.1, 0.15) is 75.8 Å². The molecule has 6 nitrogen and oxygen atoms in total. The molecule has 0 radical (unpaired) electrons. The maximum absolute atomic E-state index is 11.6. The summed E-state index contributed by atoms with van der Waals surface area (Å²) in [5.41, 5.74) is 1.62. The number of thioether (sulfide) groups is 1. The van der Waals surface area contributed by atoms with Gasteiger partial charge in [-0.15, -0.1) is 11.8 Å². The van der Waals surface area contributed by atoms with Gasteiger partial charge in [0.1, 0.15) is 11.5 Å². The fourth-order valence-electron chi connectivity index (χ4n) is 5.21. The molecule has 8 heteroatoms. The highest BCUT2D eigenvalue weighted by Gasteiger charge is 2.43. The summed E-state index contributed by atoms with van der Waals surface area (Å²) in [6.07, 6.45) is 8.61. The number of fused-ring (bicyclic) bond motifs is 1. The van der Waals surface area contributed by atoms with E-state index < -0.39 is 23.2 Å². The molecule has 2 aromatic rings. The van der Waals surface area contributed by atoms with Crippen LogP contribution in [0.4, 0.5) is 0 Å². The Morgan fingerprint density at radius 1 is 1.11 bits per heavy atom. The average molecular weight is 523 g/mol. The van der Waals surface area contributed by atoms with Crippen molar-refractivity contribution in [2.75, 3.05) is 18.6 Å². The Balaban J connectivity index is 2.22. The standard InChI is InChI=1S/C27H38O6S2/c1-4-6-12-27(13-7-5-2)16-22(19-8-10-20(28)11-9-19)21-14-24(34-3)23(33-17-26(29)30)15-25(21)35(31,32)18-27/h8-11,14-15,22,28,31-32H,4-7,12-13,16-18H2,1-3H3,(H,29,30). The summed E-state index contributed by atoms with van der Waals surface area (Å²) in [7, 11) is -3.17. The molecule has 0 aliphatic carbocycles. The molecule has 0 amide bonds. The molecular weight excluding hydrogens is 484 g/mol. The largest absolute Gasteiger partial charge is 0.508 e. The molecule has 194 valence electrons. The number of carbonyl (C=O) groups is 1. The van der Waals surface area contributed by atoms with E-state index in [0.29, 0.717) is 16.4 Å². The van der Waals surface area contributed by atoms with E-state index in [1.807, 2.05) is 24.5 Å². The smallest absolute Gasteiger partial charge is 0.341 e. The third-order valence-corrected chi connectivity index (χ3v) is 9.77. The number of aliphatic carboxylic acids is 1. The molecule has 1 aliphatic heterocycles. The molecule has 0 fully saturated rings. The Bertz CT molecular complexity index is 997. The minimum atomic E-state index is -3.17. The van der Waals surface area contributed by atoms with Gasteiger partial charge >= 0.3 is 5.97 Å². The highest BCUT2D eigenvalue weighted by atomic mass is 32.3. The maximum atomic E-state index is 11.6. The van der Waals surface area contributed by atoms with E-state index in [-0.39, 0.29) is 17.1 Å². The Morgan fingerprint density at radius 3 is 2.29 bits per heavy atom. The number of benzene rings is 2. The van der Waals surface area contributed by atoms with Gasteiger partial charge in [0.2, 0.25) is 0 Å². The first kappa shape index (κ1) is 27.7. The van der Waals surface area contributed by atoms with Crippen LogP contribution < -0.4 is 4.74 Å². The number of carboxylic acids is 1. The first-order valence-electron chi connectivity index (χ1n) is 12.3. The number of rotatable bonds is 11. The van der Waals surface area contributed by atoms with Crippen LogP contribution in [0.25, 0.3) is 0 Å². The Hall–Kier alpha value is -1.87. The van der Waals surface area contributed by atoms with Gasteiger partial charge in [-0.05, 0) is 60.3 Å². The number of phenols is 1. The van der Waals surface area contributed by atoms with E-state index in [2.05, 4.69) is 13.8 Å². The van der Waals surface area contributed by atoms with Crippen LogP contribution in [0.5, 0.6) is 11.5 Å². The minimum absolute atomic E-state index is 0.0904. The van der Waals surface area contributed by atoms with Crippen LogP contribution in [0.2, 0.25) is 0 Å². The summed E-state index contributed by atoms with van der Waals surface area (Å²) in [6.45, 7) is 3.82. The van der Waals surface area contributed by atoms with Crippen LogP contribution in [0.3, 0.4) is 0 Å². The zero-order valence-corrected chi connectivity index (χ0v) is 22.5. The molecule has 0 saturated carbocycles. The summed E-state index contributed by atoms with van der Waals surface area (Å²) in [6, 6.07) is 10.8. The molecule has 1 heterocycles. The molecule has 1 unspecified atom stereocenters. The Labute approximate surface area is 214 Å². The van der Waals surface area contributed by atoms with Crippen molar-refractivity contribution in [3.05, 3.63) is 47.5 Å². The van der Waals surface area contributed by atoms with Crippen LogP contribution in [-0.2, 0) is 4.79 Å². The normalized spacial score (nSPS) is 19.4. The third-order valence-electron chi connectivity index (χ3n) is 6.94. The topological polar surface area (TPSA) is 107 Å². The Kier molecular flexibility index (Phi) is 9.43. The number of hydrogen-bond donors (Lipinski definition) is 4. The molecule has 0 aromatic heterocycles. The number of ether oxygens (including phenoxy) is 1. The van der Waals surface area contributed by atoms with E-state index >= 15 is 0 Å². The van der Waals surface area contributed by atoms with Gasteiger partial charge in [0.15, 0.2) is 6.61 Å². The molecular formula is C27H38O6S2. The highest BCUT2D eigenvalue weighted by Crippen LogP contribution is 2.63. The predicted octanol–water partition coefficient (Wildman–Crippen LogP) is 7.59. The van der Waals surface area contributed by atoms with Crippen molar-refractivity contribution >= 4 is 28.3 Å². The van der Waals surface area contributed by atoms with Gasteiger partial charge < -0.3 is 14.9 Å². The first-order chi connectivity index (χ1) is 16.6. The molecule has 1 atom stereocenters. The Morgan fingerprint density at radius 2 is 1.74 bits per heavy atom. The number of carboxylic acid groups (broad SMARTS) is 1. The number of unbranched alkanes of at least 4 members (excludes halogenated alkanes) is 2. The van der Waals surface area contributed by atoms with Crippen molar-refractivity contribution in [2.45, 2.75) is 74.5 Å². The molecule has 2 aromatic carbocycles. The molecule has 0 bridgehead atoms. The monoisotopic (exact) mass is 522 g/mol. The lowest BCUT2D eigenvalue weighted by Gasteiger charge is -2.42. The van der Waals surface area contributed by atoms with Crippen molar-refractivity contribution in [3.8, 4) is 11.5 Å². The van der Waals surface area contributed by atoms with Crippen LogP contribution in [0, 0.1) is 5.41 Å². The molecule has 0 spiro atoms. The number of aromatic hydroxyl groups is 1. The lowest BCUT2D eigenvalue weighted by molar-refractivity contribution is -0.139. The molecule has 35 heavy (non-hydrogen) atoms. The fourth-order valence-corrected chi connectivity index (χ4v) is 8.07. The van der Waals surface area contributed by atoms with Crippen LogP contribution >= 0.6 is 22.4 Å². The summed E-state index contributed by atoms with van der Waals surface area (Å²) in [5, 5.41) is 19.0. The number of phenolic OH excluding ortho intramolecular Hbond substituents is 1. The van der Waals surface area contributed by atoms with E-state index in [4.69, 9.17) is 9.84 Å². The van der Waals surface area contributed by atoms with Crippen LogP contribution in [-0.4, -0.2) is 43.9 Å². The predicted molar refractivity (Wildman–Crippen MR) is 143 cm³/mol. The van der Waals surface area contributed by atoms with Gasteiger partial charge in [0, 0.05) is 22.6 Å². The van der Waals surface area contributed by atoms with Gasteiger partial charge in [-0.1, -0.05) is 51.7 Å². The van der Waals surface area contributed by atoms with Crippen LogP contribution in [0.15, 0.2) is 46.2 Å². The van der Waals surface area contributed by atoms with Gasteiger partial charge in [-0.2, -0.15) is 10.6 Å². The lowest BCUT2D eigenvalue weighted by Crippen LogP contribution is -2.29. The average Bonchev–Trinajstić information content (AvgIpc) is 2.92. The summed E-state index contributed by atoms with van der Waals surface area (Å²) in [5.74, 6) is -0.334. The lowest BCUT2D eigenvalue weighted by atomic mass is 9.70. The third kappa shape index (κ3) is 6.67. The second-order valence-corrected chi connectivity index (χ2v) is 12.5. The second-order valence-electron chi connectivity index (χ2n) is 9.59. The van der Waals surface area contributed by atoms with Gasteiger partial charge in [0.25, 0.3) is 0 Å². The quantitative estimate of drug-likeness (QED) is 0.225. The van der Waals surface area contributed by atoms with Gasteiger partial charge in [-0.3, -0.25) is 9.11 Å². The zero-order chi connectivity index (χ0) is 25.6. The summed E-state index contributed by atoms with van der Waals surface area (Å²) in [4.78, 5) is 12.4. The molecule has 4 N–H and O–H groups in total. The first-order valence-corrected chi connectivity index (χ1v) is 15.2. The second kappa shape index (κ2) is 11.9. The van der Waals surface area contributed by atoms with Gasteiger partial charge in [0.05, 0.1) is 4.90 Å². The summed E-state index contributed by atoms with van der Waals surface area (Å²) >= 11 is 1.44. The summed E-state index contributed by atoms with van der Waals surface area (Å²) < 4.78 is 28.8. The van der Waals surface area contributed by atoms with E-state index in [9.17, 15) is 19.0 Å². The van der Waals surface area contributed by atoms with E-state index in [1.54, 1.807) is 18.2 Å². The SMILES string of the molecule is CCCCC1(CCCC)CC(c2ccc(O)cc2)c2cc(SC)c(OCC(=O)O)cc2S(O)(O)C1. The number of hydrogen-bond acceptors (Lipinski definition) is 6. The van der Waals surface area contributed by atoms with Crippen molar-refractivity contribution < 1.29 is 28.8 Å². The van der Waals surface area contributed by atoms with Crippen molar-refractivity contribution in [2.24, 2.45) is 5.41 Å². The maximum Gasteiger partial charge on any atom is 0.341 e.